The topological polar surface area (TPSA) is 67.9 Å². The summed E-state index contributed by atoms with van der Waals surface area (Å²) in [5.41, 5.74) is 0.540. The summed E-state index contributed by atoms with van der Waals surface area (Å²) in [6.45, 7) is 0. The van der Waals surface area contributed by atoms with Gasteiger partial charge in [0.05, 0.1) is 7.11 Å². The van der Waals surface area contributed by atoms with Crippen molar-refractivity contribution in [2.75, 3.05) is 14.2 Å². The van der Waals surface area contributed by atoms with Gasteiger partial charge in [-0.05, 0) is 30.2 Å². The van der Waals surface area contributed by atoms with Gasteiger partial charge in [0.2, 0.25) is 5.91 Å². The molecule has 1 heterocycles. The van der Waals surface area contributed by atoms with Gasteiger partial charge in [-0.25, -0.2) is 0 Å². The lowest BCUT2D eigenvalue weighted by Crippen LogP contribution is -2.45. The lowest BCUT2D eigenvalue weighted by Gasteiger charge is -2.33. The first-order valence-corrected chi connectivity index (χ1v) is 10.6. The first kappa shape index (κ1) is 21.2. The monoisotopic (exact) mass is 414 g/mol. The molecule has 1 aromatic heterocycles. The number of carbonyl (C=O) groups excluding carboxylic acids is 2. The van der Waals surface area contributed by atoms with Crippen LogP contribution in [0.3, 0.4) is 0 Å². The van der Waals surface area contributed by atoms with Gasteiger partial charge in [0.15, 0.2) is 6.04 Å². The average Bonchev–Trinajstić information content (AvgIpc) is 3.45. The lowest BCUT2D eigenvalue weighted by molar-refractivity contribution is -0.135. The van der Waals surface area contributed by atoms with Crippen molar-refractivity contribution in [2.45, 2.75) is 50.3 Å². The summed E-state index contributed by atoms with van der Waals surface area (Å²) >= 11 is 1.42. The molecule has 3 rings (SSSR count). The minimum absolute atomic E-state index is 0.135. The van der Waals surface area contributed by atoms with Crippen molar-refractivity contribution in [1.82, 2.24) is 10.2 Å². The summed E-state index contributed by atoms with van der Waals surface area (Å²) in [6, 6.07) is 3.01. The molecule has 29 heavy (non-hydrogen) atoms. The third kappa shape index (κ3) is 4.72. The number of allylic oxidation sites excluding steroid dienone is 1. The molecule has 154 valence electrons. The van der Waals surface area contributed by atoms with Crippen molar-refractivity contribution in [3.63, 3.8) is 0 Å². The molecule has 1 saturated carbocycles. The summed E-state index contributed by atoms with van der Waals surface area (Å²) in [7, 11) is 3.15. The van der Waals surface area contributed by atoms with Crippen LogP contribution in [0.15, 0.2) is 41.1 Å². The molecule has 0 aromatic carbocycles. The smallest absolute Gasteiger partial charge is 0.303 e. The molecule has 2 amide bonds. The van der Waals surface area contributed by atoms with Crippen LogP contribution in [-0.4, -0.2) is 43.1 Å². The van der Waals surface area contributed by atoms with Gasteiger partial charge in [0.1, 0.15) is 11.9 Å². The SMILES string of the molecule is C#CC(=O)N(C1=CCC(OC)C(OC)=C1)C(C(=O)NC1CCCC1)c1cccs1. The molecule has 0 saturated heterocycles. The van der Waals surface area contributed by atoms with E-state index in [2.05, 4.69) is 11.2 Å². The Hall–Kier alpha value is -2.56. The number of ether oxygens (including phenoxy) is 2. The molecule has 0 radical (unpaired) electrons. The molecule has 2 aliphatic rings. The fraction of sp³-hybridized carbons (Fsp3) is 0.455. The quantitative estimate of drug-likeness (QED) is 0.696. The number of amides is 2. The Balaban J connectivity index is 1.98. The third-order valence-corrected chi connectivity index (χ3v) is 6.23. The van der Waals surface area contributed by atoms with Crippen LogP contribution in [0.5, 0.6) is 0 Å². The van der Waals surface area contributed by atoms with Gasteiger partial charge in [-0.3, -0.25) is 14.5 Å². The van der Waals surface area contributed by atoms with Crippen molar-refractivity contribution in [3.8, 4) is 12.3 Å². The Morgan fingerprint density at radius 2 is 2.10 bits per heavy atom. The fourth-order valence-electron chi connectivity index (χ4n) is 3.84. The zero-order valence-electron chi connectivity index (χ0n) is 16.7. The Morgan fingerprint density at radius 1 is 1.34 bits per heavy atom. The number of carbonyl (C=O) groups is 2. The number of hydrogen-bond donors (Lipinski definition) is 1. The lowest BCUT2D eigenvalue weighted by atomic mass is 10.0. The van der Waals surface area contributed by atoms with Crippen LogP contribution in [0.25, 0.3) is 0 Å². The van der Waals surface area contributed by atoms with Gasteiger partial charge in [-0.1, -0.05) is 25.0 Å². The van der Waals surface area contributed by atoms with Crippen LogP contribution in [0.1, 0.15) is 43.0 Å². The van der Waals surface area contributed by atoms with Crippen molar-refractivity contribution in [2.24, 2.45) is 0 Å². The van der Waals surface area contributed by atoms with Crippen LogP contribution >= 0.6 is 11.3 Å². The first-order valence-electron chi connectivity index (χ1n) is 9.71. The number of nitrogens with zero attached hydrogens (tertiary/aromatic N) is 1. The Kier molecular flexibility index (Phi) is 7.13. The van der Waals surface area contributed by atoms with Gasteiger partial charge in [-0.15, -0.1) is 17.8 Å². The van der Waals surface area contributed by atoms with Crippen LogP contribution in [0.2, 0.25) is 0 Å². The highest BCUT2D eigenvalue weighted by atomic mass is 32.1. The Morgan fingerprint density at radius 3 is 2.69 bits per heavy atom. The highest BCUT2D eigenvalue weighted by molar-refractivity contribution is 7.10. The summed E-state index contributed by atoms with van der Waals surface area (Å²) in [4.78, 5) is 28.3. The molecule has 0 aliphatic heterocycles. The van der Waals surface area contributed by atoms with E-state index in [-0.39, 0.29) is 18.1 Å². The molecule has 2 unspecified atom stereocenters. The number of hydrogen-bond acceptors (Lipinski definition) is 5. The summed E-state index contributed by atoms with van der Waals surface area (Å²) in [6.07, 6.45) is 13.5. The second-order valence-corrected chi connectivity index (χ2v) is 8.05. The van der Waals surface area contributed by atoms with Gasteiger partial charge >= 0.3 is 5.91 Å². The van der Waals surface area contributed by atoms with Crippen LogP contribution in [-0.2, 0) is 19.1 Å². The number of rotatable bonds is 7. The highest BCUT2D eigenvalue weighted by Gasteiger charge is 2.36. The Labute approximate surface area is 175 Å². The molecule has 7 heteroatoms. The number of methoxy groups -OCH3 is 2. The summed E-state index contributed by atoms with van der Waals surface area (Å²) in [5, 5.41) is 5.00. The molecule has 1 N–H and O–H groups in total. The molecule has 1 fully saturated rings. The molecular weight excluding hydrogens is 388 g/mol. The molecule has 2 atom stereocenters. The highest BCUT2D eigenvalue weighted by Crippen LogP contribution is 2.33. The van der Waals surface area contributed by atoms with E-state index in [0.29, 0.717) is 17.9 Å². The normalized spacial score (nSPS) is 20.2. The maximum absolute atomic E-state index is 13.3. The molecule has 6 nitrogen and oxygen atoms in total. The van der Waals surface area contributed by atoms with E-state index in [1.165, 1.54) is 16.2 Å². The van der Waals surface area contributed by atoms with E-state index >= 15 is 0 Å². The second kappa shape index (κ2) is 9.77. The number of nitrogens with one attached hydrogen (secondary N) is 1. The minimum atomic E-state index is -0.834. The standard InChI is InChI=1S/C22H26N2O4S/c1-4-20(25)24(16-11-12-17(27-2)18(14-16)28-3)21(19-10-7-13-29-19)22(26)23-15-8-5-6-9-15/h1,7,10-11,13-15,17,21H,5-6,8-9,12H2,2-3H3,(H,23,26). The van der Waals surface area contributed by atoms with E-state index in [4.69, 9.17) is 15.9 Å². The van der Waals surface area contributed by atoms with Gasteiger partial charge in [0, 0.05) is 36.2 Å². The molecule has 1 aromatic rings. The second-order valence-electron chi connectivity index (χ2n) is 7.07. The molecule has 2 aliphatic carbocycles. The van der Waals surface area contributed by atoms with E-state index in [1.54, 1.807) is 20.3 Å². The van der Waals surface area contributed by atoms with Gasteiger partial charge in [-0.2, -0.15) is 0 Å². The summed E-state index contributed by atoms with van der Waals surface area (Å²) < 4.78 is 10.9. The predicted molar refractivity (Wildman–Crippen MR) is 112 cm³/mol. The van der Waals surface area contributed by atoms with E-state index in [9.17, 15) is 9.59 Å². The van der Waals surface area contributed by atoms with Crippen LogP contribution < -0.4 is 5.32 Å². The minimum Gasteiger partial charge on any atom is -0.498 e. The zero-order valence-corrected chi connectivity index (χ0v) is 17.5. The van der Waals surface area contributed by atoms with Crippen molar-refractivity contribution < 1.29 is 19.1 Å². The Bertz CT molecular complexity index is 831. The fourth-order valence-corrected chi connectivity index (χ4v) is 4.65. The zero-order chi connectivity index (χ0) is 20.8. The molecular formula is C22H26N2O4S. The van der Waals surface area contributed by atoms with Crippen molar-refractivity contribution >= 4 is 23.2 Å². The summed E-state index contributed by atoms with van der Waals surface area (Å²) in [5.74, 6) is 1.98. The van der Waals surface area contributed by atoms with Crippen molar-refractivity contribution in [1.29, 1.82) is 0 Å². The number of terminal acetylenes is 1. The van der Waals surface area contributed by atoms with E-state index in [1.807, 2.05) is 23.6 Å². The number of thiophene rings is 1. The molecule has 0 spiro atoms. The first-order chi connectivity index (χ1) is 14.1. The largest absolute Gasteiger partial charge is 0.498 e. The van der Waals surface area contributed by atoms with Crippen LogP contribution in [0, 0.1) is 12.3 Å². The van der Waals surface area contributed by atoms with E-state index < -0.39 is 11.9 Å². The predicted octanol–water partition coefficient (Wildman–Crippen LogP) is 3.14. The van der Waals surface area contributed by atoms with Crippen molar-refractivity contribution in [3.05, 3.63) is 46.0 Å². The third-order valence-electron chi connectivity index (χ3n) is 5.31. The van der Waals surface area contributed by atoms with Crippen LogP contribution in [0.4, 0.5) is 0 Å². The van der Waals surface area contributed by atoms with E-state index in [0.717, 1.165) is 30.6 Å². The average molecular weight is 415 g/mol. The van der Waals surface area contributed by atoms with Gasteiger partial charge in [0.25, 0.3) is 0 Å². The maximum Gasteiger partial charge on any atom is 0.303 e. The molecule has 0 bridgehead atoms. The van der Waals surface area contributed by atoms with Gasteiger partial charge < -0.3 is 14.8 Å². The maximum atomic E-state index is 13.3.